The van der Waals surface area contributed by atoms with E-state index in [0.29, 0.717) is 22.6 Å². The Kier molecular flexibility index (Phi) is 7.79. The first kappa shape index (κ1) is 20.9. The number of nitrogens with two attached hydrogens (primary N) is 1. The standard InChI is InChI=1S/C21H27NO5/c1-26-20-6-5-14(7-16(20)10-18(25)11-22)3-4-15-8-17(12-23)19(13-24)21(9-15)27-2/h5-9,23-24H,3-4,10-13,22H2,1-2H3. The van der Waals surface area contributed by atoms with Crippen LogP contribution >= 0.6 is 0 Å². The minimum Gasteiger partial charge on any atom is -0.496 e. The predicted molar refractivity (Wildman–Crippen MR) is 103 cm³/mol. The number of ketones is 1. The molecule has 6 heteroatoms. The van der Waals surface area contributed by atoms with Gasteiger partial charge in [0.1, 0.15) is 11.5 Å². The molecule has 0 fully saturated rings. The zero-order valence-electron chi connectivity index (χ0n) is 15.8. The van der Waals surface area contributed by atoms with Gasteiger partial charge in [-0.15, -0.1) is 0 Å². The summed E-state index contributed by atoms with van der Waals surface area (Å²) in [6.07, 6.45) is 1.73. The van der Waals surface area contributed by atoms with Gasteiger partial charge in [0.15, 0.2) is 5.78 Å². The summed E-state index contributed by atoms with van der Waals surface area (Å²) in [4.78, 5) is 11.7. The number of carbonyl (C=O) groups excluding carboxylic acids is 1. The van der Waals surface area contributed by atoms with Crippen LogP contribution < -0.4 is 15.2 Å². The molecule has 0 aromatic heterocycles. The van der Waals surface area contributed by atoms with Gasteiger partial charge in [-0.1, -0.05) is 18.2 Å². The second-order valence-electron chi connectivity index (χ2n) is 6.32. The predicted octanol–water partition coefficient (Wildman–Crippen LogP) is 1.54. The van der Waals surface area contributed by atoms with Crippen LogP contribution in [0.25, 0.3) is 0 Å². The second-order valence-corrected chi connectivity index (χ2v) is 6.32. The number of ether oxygens (including phenoxy) is 2. The highest BCUT2D eigenvalue weighted by Gasteiger charge is 2.12. The van der Waals surface area contributed by atoms with E-state index in [2.05, 4.69) is 0 Å². The summed E-state index contributed by atoms with van der Waals surface area (Å²) in [5.41, 5.74) is 9.60. The molecule has 4 N–H and O–H groups in total. The largest absolute Gasteiger partial charge is 0.496 e. The Hall–Kier alpha value is -2.41. The normalized spacial score (nSPS) is 10.7. The molecule has 2 rings (SSSR count). The molecule has 0 aliphatic rings. The molecule has 27 heavy (non-hydrogen) atoms. The number of aliphatic hydroxyl groups excluding tert-OH is 2. The first-order chi connectivity index (χ1) is 13.1. The molecule has 0 amide bonds. The molecule has 0 spiro atoms. The van der Waals surface area contributed by atoms with E-state index in [0.717, 1.165) is 29.5 Å². The van der Waals surface area contributed by atoms with Crippen molar-refractivity contribution in [3.05, 3.63) is 58.1 Å². The third-order valence-corrected chi connectivity index (χ3v) is 4.57. The number of Topliss-reactive ketones (excluding diaryl/α,β-unsaturated/α-hetero) is 1. The molecule has 146 valence electrons. The molecule has 0 heterocycles. The summed E-state index contributed by atoms with van der Waals surface area (Å²) in [6.45, 7) is -0.335. The highest BCUT2D eigenvalue weighted by atomic mass is 16.5. The highest BCUT2D eigenvalue weighted by Crippen LogP contribution is 2.27. The maximum atomic E-state index is 11.7. The summed E-state index contributed by atoms with van der Waals surface area (Å²) in [5, 5.41) is 19.1. The molecule has 0 aliphatic carbocycles. The fourth-order valence-electron chi connectivity index (χ4n) is 3.11. The monoisotopic (exact) mass is 373 g/mol. The van der Waals surface area contributed by atoms with Crippen LogP contribution in [-0.2, 0) is 37.3 Å². The minimum absolute atomic E-state index is 0.00825. The zero-order chi connectivity index (χ0) is 19.8. The van der Waals surface area contributed by atoms with Gasteiger partial charge in [-0.2, -0.15) is 0 Å². The summed E-state index contributed by atoms with van der Waals surface area (Å²) in [7, 11) is 3.13. The molecule has 0 atom stereocenters. The number of hydrogen-bond acceptors (Lipinski definition) is 6. The van der Waals surface area contributed by atoms with Gasteiger partial charge in [-0.25, -0.2) is 0 Å². The van der Waals surface area contributed by atoms with Crippen LogP contribution in [0.5, 0.6) is 11.5 Å². The number of methoxy groups -OCH3 is 2. The number of hydrogen-bond donors (Lipinski definition) is 3. The third-order valence-electron chi connectivity index (χ3n) is 4.57. The Bertz CT molecular complexity index is 763. The molecular formula is C21H27NO5. The lowest BCUT2D eigenvalue weighted by molar-refractivity contribution is -0.117. The van der Waals surface area contributed by atoms with Crippen molar-refractivity contribution in [2.75, 3.05) is 20.8 Å². The van der Waals surface area contributed by atoms with Gasteiger partial charge in [-0.05, 0) is 41.7 Å². The van der Waals surface area contributed by atoms with Crippen molar-refractivity contribution < 1.29 is 24.5 Å². The van der Waals surface area contributed by atoms with Crippen molar-refractivity contribution in [1.82, 2.24) is 0 Å². The minimum atomic E-state index is -0.184. The van der Waals surface area contributed by atoms with E-state index in [1.54, 1.807) is 14.2 Å². The van der Waals surface area contributed by atoms with E-state index in [1.807, 2.05) is 30.3 Å². The zero-order valence-corrected chi connectivity index (χ0v) is 15.8. The first-order valence-corrected chi connectivity index (χ1v) is 8.84. The molecule has 0 unspecified atom stereocenters. The van der Waals surface area contributed by atoms with Gasteiger partial charge in [0, 0.05) is 17.5 Å². The van der Waals surface area contributed by atoms with Crippen LogP contribution in [0.2, 0.25) is 0 Å². The van der Waals surface area contributed by atoms with E-state index in [9.17, 15) is 15.0 Å². The van der Waals surface area contributed by atoms with E-state index in [4.69, 9.17) is 15.2 Å². The Morgan fingerprint density at radius 3 is 2.19 bits per heavy atom. The fourth-order valence-corrected chi connectivity index (χ4v) is 3.11. The summed E-state index contributed by atoms with van der Waals surface area (Å²) < 4.78 is 10.7. The second kappa shape index (κ2) is 10.1. The highest BCUT2D eigenvalue weighted by molar-refractivity contribution is 5.83. The number of carbonyl (C=O) groups is 1. The number of benzene rings is 2. The molecule has 6 nitrogen and oxygen atoms in total. The van der Waals surface area contributed by atoms with Crippen LogP contribution in [0.4, 0.5) is 0 Å². The van der Waals surface area contributed by atoms with Crippen molar-refractivity contribution in [3.8, 4) is 11.5 Å². The van der Waals surface area contributed by atoms with Crippen molar-refractivity contribution >= 4 is 5.78 Å². The summed E-state index contributed by atoms with van der Waals surface area (Å²) >= 11 is 0. The van der Waals surface area contributed by atoms with Gasteiger partial charge in [0.05, 0.1) is 34.0 Å². The smallest absolute Gasteiger partial charge is 0.150 e. The molecule has 0 aliphatic heterocycles. The Labute approximate surface area is 159 Å². The molecule has 0 saturated carbocycles. The van der Waals surface area contributed by atoms with Crippen LogP contribution in [0.1, 0.15) is 27.8 Å². The lowest BCUT2D eigenvalue weighted by Gasteiger charge is -2.14. The molecule has 0 saturated heterocycles. The summed E-state index contributed by atoms with van der Waals surface area (Å²) in [6, 6.07) is 9.58. The topological polar surface area (TPSA) is 102 Å². The summed E-state index contributed by atoms with van der Waals surface area (Å²) in [5.74, 6) is 1.21. The number of aryl methyl sites for hydroxylation is 2. The van der Waals surface area contributed by atoms with E-state index in [-0.39, 0.29) is 32.0 Å². The molecule has 0 radical (unpaired) electrons. The van der Waals surface area contributed by atoms with Crippen molar-refractivity contribution in [3.63, 3.8) is 0 Å². The Morgan fingerprint density at radius 1 is 0.926 bits per heavy atom. The van der Waals surface area contributed by atoms with Gasteiger partial charge in [0.2, 0.25) is 0 Å². The maximum absolute atomic E-state index is 11.7. The van der Waals surface area contributed by atoms with Gasteiger partial charge < -0.3 is 25.4 Å². The Balaban J connectivity index is 2.21. The lowest BCUT2D eigenvalue weighted by atomic mass is 9.97. The van der Waals surface area contributed by atoms with Crippen molar-refractivity contribution in [1.29, 1.82) is 0 Å². The van der Waals surface area contributed by atoms with Gasteiger partial charge >= 0.3 is 0 Å². The maximum Gasteiger partial charge on any atom is 0.150 e. The number of aliphatic hydroxyl groups is 2. The van der Waals surface area contributed by atoms with Crippen LogP contribution in [0.3, 0.4) is 0 Å². The molecular weight excluding hydrogens is 346 g/mol. The fraction of sp³-hybridized carbons (Fsp3) is 0.381. The van der Waals surface area contributed by atoms with E-state index in [1.165, 1.54) is 0 Å². The van der Waals surface area contributed by atoms with Crippen molar-refractivity contribution in [2.45, 2.75) is 32.5 Å². The third kappa shape index (κ3) is 5.29. The van der Waals surface area contributed by atoms with E-state index < -0.39 is 0 Å². The number of rotatable bonds is 10. The average Bonchev–Trinajstić information content (AvgIpc) is 2.71. The Morgan fingerprint density at radius 2 is 1.59 bits per heavy atom. The first-order valence-electron chi connectivity index (χ1n) is 8.84. The molecule has 2 aromatic rings. The molecule has 0 bridgehead atoms. The van der Waals surface area contributed by atoms with Crippen LogP contribution in [0, 0.1) is 0 Å². The molecule has 2 aromatic carbocycles. The van der Waals surface area contributed by atoms with Gasteiger partial charge in [-0.3, -0.25) is 4.79 Å². The van der Waals surface area contributed by atoms with Crippen LogP contribution in [-0.4, -0.2) is 36.8 Å². The van der Waals surface area contributed by atoms with Crippen molar-refractivity contribution in [2.24, 2.45) is 5.73 Å². The van der Waals surface area contributed by atoms with Gasteiger partial charge in [0.25, 0.3) is 0 Å². The average molecular weight is 373 g/mol. The lowest BCUT2D eigenvalue weighted by Crippen LogP contribution is -2.16. The van der Waals surface area contributed by atoms with Crippen LogP contribution in [0.15, 0.2) is 30.3 Å². The van der Waals surface area contributed by atoms with E-state index >= 15 is 0 Å². The quantitative estimate of drug-likeness (QED) is 0.584. The SMILES string of the molecule is COc1ccc(CCc2cc(CO)c(CO)c(OC)c2)cc1CC(=O)CN.